The average Bonchev–Trinajstić information content (AvgIpc) is 2.85. The van der Waals surface area contributed by atoms with Crippen molar-refractivity contribution >= 4 is 35.0 Å². The van der Waals surface area contributed by atoms with Crippen molar-refractivity contribution in [3.63, 3.8) is 0 Å². The first-order chi connectivity index (χ1) is 11.1. The normalized spacial score (nSPS) is 20.8. The standard InChI is InChI=1S/C18H18ClNO2S/c1-3-22-16-10-4-13(5-11-16)18-20(17(21)12(2)23-18)15-8-6-14(19)7-9-15/h4-12,18H,3H2,1-2H3/t12-,18-/m0/s1. The summed E-state index contributed by atoms with van der Waals surface area (Å²) in [6.07, 6.45) is 0. The molecule has 0 radical (unpaired) electrons. The Hall–Kier alpha value is -1.65. The van der Waals surface area contributed by atoms with Crippen molar-refractivity contribution in [3.8, 4) is 5.75 Å². The number of anilines is 1. The molecule has 1 fully saturated rings. The lowest BCUT2D eigenvalue weighted by Gasteiger charge is -2.24. The van der Waals surface area contributed by atoms with Gasteiger partial charge in [0.05, 0.1) is 11.9 Å². The number of carbonyl (C=O) groups is 1. The van der Waals surface area contributed by atoms with Crippen molar-refractivity contribution in [2.24, 2.45) is 0 Å². The maximum atomic E-state index is 12.6. The Kier molecular flexibility index (Phi) is 4.83. The minimum absolute atomic E-state index is 0.0330. The molecule has 120 valence electrons. The molecule has 2 aromatic carbocycles. The Morgan fingerprint density at radius 1 is 1.13 bits per heavy atom. The Morgan fingerprint density at radius 2 is 1.78 bits per heavy atom. The molecular formula is C18H18ClNO2S. The summed E-state index contributed by atoms with van der Waals surface area (Å²) in [6.45, 7) is 4.55. The van der Waals surface area contributed by atoms with E-state index in [4.69, 9.17) is 16.3 Å². The van der Waals surface area contributed by atoms with E-state index in [1.165, 1.54) is 0 Å². The second-order valence-corrected chi connectivity index (χ2v) is 7.18. The van der Waals surface area contributed by atoms with E-state index in [1.807, 2.05) is 67.3 Å². The highest BCUT2D eigenvalue weighted by atomic mass is 35.5. The maximum absolute atomic E-state index is 12.6. The molecule has 0 aromatic heterocycles. The molecule has 5 heteroatoms. The van der Waals surface area contributed by atoms with Gasteiger partial charge in [0.25, 0.3) is 0 Å². The minimum atomic E-state index is -0.0674. The molecule has 0 aliphatic carbocycles. The summed E-state index contributed by atoms with van der Waals surface area (Å²) in [4.78, 5) is 14.4. The highest BCUT2D eigenvalue weighted by Gasteiger charge is 2.39. The fraction of sp³-hybridized carbons (Fsp3) is 0.278. The van der Waals surface area contributed by atoms with Crippen LogP contribution in [-0.2, 0) is 4.79 Å². The molecule has 0 spiro atoms. The molecule has 1 amide bonds. The van der Waals surface area contributed by atoms with Gasteiger partial charge in [-0.25, -0.2) is 0 Å². The molecule has 1 aliphatic heterocycles. The van der Waals surface area contributed by atoms with Crippen molar-refractivity contribution < 1.29 is 9.53 Å². The van der Waals surface area contributed by atoms with Crippen LogP contribution in [0.1, 0.15) is 24.8 Å². The molecule has 2 atom stereocenters. The molecule has 1 aliphatic rings. The molecule has 23 heavy (non-hydrogen) atoms. The van der Waals surface area contributed by atoms with Gasteiger partial charge in [-0.05, 0) is 55.8 Å². The zero-order valence-electron chi connectivity index (χ0n) is 13.0. The highest BCUT2D eigenvalue weighted by molar-refractivity contribution is 8.01. The van der Waals surface area contributed by atoms with Crippen molar-refractivity contribution in [2.75, 3.05) is 11.5 Å². The highest BCUT2D eigenvalue weighted by Crippen LogP contribution is 2.45. The van der Waals surface area contributed by atoms with Gasteiger partial charge in [-0.2, -0.15) is 0 Å². The second-order valence-electron chi connectivity index (χ2n) is 5.32. The number of thioether (sulfide) groups is 1. The zero-order chi connectivity index (χ0) is 16.4. The number of nitrogens with zero attached hydrogens (tertiary/aromatic N) is 1. The number of amides is 1. The van der Waals surface area contributed by atoms with Crippen LogP contribution in [0.4, 0.5) is 5.69 Å². The minimum Gasteiger partial charge on any atom is -0.494 e. The number of carbonyl (C=O) groups excluding carboxylic acids is 1. The summed E-state index contributed by atoms with van der Waals surface area (Å²) < 4.78 is 5.49. The van der Waals surface area contributed by atoms with Gasteiger partial charge in [-0.15, -0.1) is 11.8 Å². The third-order valence-corrected chi connectivity index (χ3v) is 5.34. The molecule has 1 heterocycles. The lowest BCUT2D eigenvalue weighted by atomic mass is 10.1. The Morgan fingerprint density at radius 3 is 2.39 bits per heavy atom. The van der Waals surface area contributed by atoms with Crippen molar-refractivity contribution in [3.05, 3.63) is 59.1 Å². The van der Waals surface area contributed by atoms with E-state index in [-0.39, 0.29) is 16.5 Å². The Labute approximate surface area is 145 Å². The quantitative estimate of drug-likeness (QED) is 0.787. The van der Waals surface area contributed by atoms with Crippen LogP contribution in [0, 0.1) is 0 Å². The molecule has 0 bridgehead atoms. The van der Waals surface area contributed by atoms with Crippen molar-refractivity contribution in [2.45, 2.75) is 24.5 Å². The third kappa shape index (κ3) is 3.33. The molecular weight excluding hydrogens is 330 g/mol. The third-order valence-electron chi connectivity index (χ3n) is 3.73. The van der Waals surface area contributed by atoms with Crippen molar-refractivity contribution in [1.82, 2.24) is 0 Å². The van der Waals surface area contributed by atoms with Gasteiger partial charge in [0, 0.05) is 10.7 Å². The largest absolute Gasteiger partial charge is 0.494 e. The predicted molar refractivity (Wildman–Crippen MR) is 96.3 cm³/mol. The molecule has 3 nitrogen and oxygen atoms in total. The van der Waals surface area contributed by atoms with E-state index in [0.29, 0.717) is 11.6 Å². The average molecular weight is 348 g/mol. The number of benzene rings is 2. The van der Waals surface area contributed by atoms with Crippen LogP contribution < -0.4 is 9.64 Å². The number of halogens is 1. The van der Waals surface area contributed by atoms with Crippen LogP contribution in [0.3, 0.4) is 0 Å². The first-order valence-corrected chi connectivity index (χ1v) is 8.89. The molecule has 0 N–H and O–H groups in total. The summed E-state index contributed by atoms with van der Waals surface area (Å²) in [7, 11) is 0. The van der Waals surface area contributed by atoms with Crippen LogP contribution in [0.25, 0.3) is 0 Å². The first-order valence-electron chi connectivity index (χ1n) is 7.57. The summed E-state index contributed by atoms with van der Waals surface area (Å²) >= 11 is 7.62. The lowest BCUT2D eigenvalue weighted by molar-refractivity contribution is -0.117. The molecule has 2 aromatic rings. The number of ether oxygens (including phenoxy) is 1. The van der Waals surface area contributed by atoms with Gasteiger partial charge in [0.1, 0.15) is 11.1 Å². The smallest absolute Gasteiger partial charge is 0.241 e. The van der Waals surface area contributed by atoms with E-state index < -0.39 is 0 Å². The number of hydrogen-bond acceptors (Lipinski definition) is 3. The van der Waals surface area contributed by atoms with Crippen LogP contribution in [-0.4, -0.2) is 17.8 Å². The maximum Gasteiger partial charge on any atom is 0.241 e. The Bertz CT molecular complexity index is 687. The van der Waals surface area contributed by atoms with E-state index in [9.17, 15) is 4.79 Å². The van der Waals surface area contributed by atoms with Crippen LogP contribution in [0.2, 0.25) is 5.02 Å². The Balaban J connectivity index is 1.92. The topological polar surface area (TPSA) is 29.5 Å². The van der Waals surface area contributed by atoms with E-state index in [0.717, 1.165) is 17.0 Å². The van der Waals surface area contributed by atoms with Gasteiger partial charge < -0.3 is 4.74 Å². The van der Waals surface area contributed by atoms with Gasteiger partial charge >= 0.3 is 0 Å². The zero-order valence-corrected chi connectivity index (χ0v) is 14.6. The summed E-state index contributed by atoms with van der Waals surface area (Å²) in [6, 6.07) is 15.4. The molecule has 1 saturated heterocycles. The SMILES string of the molecule is CCOc1ccc([C@@H]2S[C@@H](C)C(=O)N2c2ccc(Cl)cc2)cc1. The van der Waals surface area contributed by atoms with Gasteiger partial charge in [-0.1, -0.05) is 23.7 Å². The summed E-state index contributed by atoms with van der Waals surface area (Å²) in [5, 5.41) is 0.565. The van der Waals surface area contributed by atoms with Gasteiger partial charge in [-0.3, -0.25) is 9.69 Å². The summed E-state index contributed by atoms with van der Waals surface area (Å²) in [5.41, 5.74) is 1.96. The second kappa shape index (κ2) is 6.85. The van der Waals surface area contributed by atoms with E-state index >= 15 is 0 Å². The molecule has 3 rings (SSSR count). The molecule has 0 unspecified atom stereocenters. The fourth-order valence-corrected chi connectivity index (χ4v) is 4.02. The predicted octanol–water partition coefficient (Wildman–Crippen LogP) is 4.91. The van der Waals surface area contributed by atoms with Crippen LogP contribution in [0.15, 0.2) is 48.5 Å². The number of rotatable bonds is 4. The van der Waals surface area contributed by atoms with Gasteiger partial charge in [0.15, 0.2) is 0 Å². The monoisotopic (exact) mass is 347 g/mol. The van der Waals surface area contributed by atoms with Crippen molar-refractivity contribution in [1.29, 1.82) is 0 Å². The lowest BCUT2D eigenvalue weighted by Crippen LogP contribution is -2.30. The molecule has 0 saturated carbocycles. The number of hydrogen-bond donors (Lipinski definition) is 0. The first kappa shape index (κ1) is 16.2. The van der Waals surface area contributed by atoms with E-state index in [1.54, 1.807) is 11.8 Å². The van der Waals surface area contributed by atoms with Crippen LogP contribution in [0.5, 0.6) is 5.75 Å². The van der Waals surface area contributed by atoms with Gasteiger partial charge in [0.2, 0.25) is 5.91 Å². The fourth-order valence-electron chi connectivity index (χ4n) is 2.61. The van der Waals surface area contributed by atoms with E-state index in [2.05, 4.69) is 0 Å². The summed E-state index contributed by atoms with van der Waals surface area (Å²) in [5.74, 6) is 0.966. The van der Waals surface area contributed by atoms with Crippen LogP contribution >= 0.6 is 23.4 Å².